The molecular weight excluding hydrogens is 219 g/mol. The van der Waals surface area contributed by atoms with Gasteiger partial charge in [0.2, 0.25) is 0 Å². The van der Waals surface area contributed by atoms with Gasteiger partial charge >= 0.3 is 0 Å². The topological polar surface area (TPSA) is 45.0 Å². The van der Waals surface area contributed by atoms with Gasteiger partial charge in [0.15, 0.2) is 0 Å². The van der Waals surface area contributed by atoms with Gasteiger partial charge in [-0.15, -0.1) is 0 Å². The highest BCUT2D eigenvalue weighted by Crippen LogP contribution is 2.20. The van der Waals surface area contributed by atoms with Crippen molar-refractivity contribution in [2.24, 2.45) is 0 Å². The van der Waals surface area contributed by atoms with Crippen LogP contribution in [0.4, 0.5) is 4.39 Å². The molecule has 2 rings (SSSR count). The van der Waals surface area contributed by atoms with E-state index in [1.165, 1.54) is 18.9 Å². The van der Waals surface area contributed by atoms with Gasteiger partial charge in [-0.1, -0.05) is 6.07 Å². The summed E-state index contributed by atoms with van der Waals surface area (Å²) in [5.74, 6) is -0.194. The van der Waals surface area contributed by atoms with E-state index in [1.54, 1.807) is 12.1 Å². The van der Waals surface area contributed by atoms with Gasteiger partial charge in [-0.25, -0.2) is 4.39 Å². The standard InChI is InChI=1S/C13H15FN2O/c14-12-3-1-4-13(11(12)9-15)17-8-2-7-16-10-5-6-10/h1,3-4,10,16H,2,5-8H2. The first kappa shape index (κ1) is 11.9. The first-order valence-electron chi connectivity index (χ1n) is 5.86. The zero-order valence-electron chi connectivity index (χ0n) is 9.58. The smallest absolute Gasteiger partial charge is 0.144 e. The van der Waals surface area contributed by atoms with Crippen LogP contribution in [-0.2, 0) is 0 Å². The van der Waals surface area contributed by atoms with Gasteiger partial charge in [0.05, 0.1) is 6.61 Å². The molecule has 0 unspecified atom stereocenters. The molecule has 1 aliphatic carbocycles. The Morgan fingerprint density at radius 3 is 3.00 bits per heavy atom. The van der Waals surface area contributed by atoms with Crippen molar-refractivity contribution >= 4 is 0 Å². The summed E-state index contributed by atoms with van der Waals surface area (Å²) in [6, 6.07) is 6.95. The molecule has 0 aliphatic heterocycles. The van der Waals surface area contributed by atoms with Crippen molar-refractivity contribution in [1.29, 1.82) is 5.26 Å². The molecule has 3 nitrogen and oxygen atoms in total. The van der Waals surface area contributed by atoms with E-state index in [2.05, 4.69) is 5.32 Å². The van der Waals surface area contributed by atoms with Crippen molar-refractivity contribution in [1.82, 2.24) is 5.32 Å². The molecule has 1 saturated carbocycles. The van der Waals surface area contributed by atoms with Crippen LogP contribution in [0.5, 0.6) is 5.75 Å². The molecule has 1 aromatic rings. The first-order chi connectivity index (χ1) is 8.31. The second kappa shape index (κ2) is 5.65. The van der Waals surface area contributed by atoms with Crippen LogP contribution in [-0.4, -0.2) is 19.2 Å². The Hall–Kier alpha value is -1.60. The summed E-state index contributed by atoms with van der Waals surface area (Å²) in [6.07, 6.45) is 3.39. The van der Waals surface area contributed by atoms with Gasteiger partial charge in [-0.05, 0) is 37.9 Å². The molecule has 90 valence electrons. The number of benzene rings is 1. The summed E-state index contributed by atoms with van der Waals surface area (Å²) >= 11 is 0. The summed E-state index contributed by atoms with van der Waals surface area (Å²) in [6.45, 7) is 1.40. The molecule has 0 heterocycles. The molecule has 0 amide bonds. The second-order valence-corrected chi connectivity index (χ2v) is 4.16. The third kappa shape index (κ3) is 3.43. The minimum absolute atomic E-state index is 0.0114. The predicted molar refractivity (Wildman–Crippen MR) is 62.3 cm³/mol. The van der Waals surface area contributed by atoms with E-state index >= 15 is 0 Å². The molecule has 0 spiro atoms. The van der Waals surface area contributed by atoms with E-state index < -0.39 is 5.82 Å². The zero-order valence-corrected chi connectivity index (χ0v) is 9.58. The molecule has 0 saturated heterocycles. The van der Waals surface area contributed by atoms with Crippen LogP contribution >= 0.6 is 0 Å². The van der Waals surface area contributed by atoms with Crippen molar-refractivity contribution in [3.8, 4) is 11.8 Å². The Labute approximate surface area is 100 Å². The Balaban J connectivity index is 1.77. The summed E-state index contributed by atoms with van der Waals surface area (Å²) in [5, 5.41) is 12.2. The van der Waals surface area contributed by atoms with Crippen LogP contribution in [0, 0.1) is 17.1 Å². The molecule has 0 bridgehead atoms. The van der Waals surface area contributed by atoms with Crippen LogP contribution in [0.2, 0.25) is 0 Å². The van der Waals surface area contributed by atoms with Crippen molar-refractivity contribution < 1.29 is 9.13 Å². The molecule has 0 aromatic heterocycles. The lowest BCUT2D eigenvalue weighted by Gasteiger charge is -2.08. The average Bonchev–Trinajstić information content (AvgIpc) is 3.13. The largest absolute Gasteiger partial charge is 0.492 e. The van der Waals surface area contributed by atoms with Crippen molar-refractivity contribution in [2.45, 2.75) is 25.3 Å². The molecule has 0 radical (unpaired) electrons. The number of nitrogens with zero attached hydrogens (tertiary/aromatic N) is 1. The zero-order chi connectivity index (χ0) is 12.1. The number of nitrogens with one attached hydrogen (secondary N) is 1. The van der Waals surface area contributed by atoms with E-state index in [9.17, 15) is 4.39 Å². The maximum absolute atomic E-state index is 13.2. The van der Waals surface area contributed by atoms with E-state index in [0.29, 0.717) is 18.4 Å². The van der Waals surface area contributed by atoms with Gasteiger partial charge in [0.1, 0.15) is 23.2 Å². The lowest BCUT2D eigenvalue weighted by molar-refractivity contribution is 0.305. The van der Waals surface area contributed by atoms with Crippen molar-refractivity contribution in [2.75, 3.05) is 13.2 Å². The molecule has 1 fully saturated rings. The fourth-order valence-corrected chi connectivity index (χ4v) is 1.58. The summed E-state index contributed by atoms with van der Waals surface area (Å²) < 4.78 is 18.6. The minimum Gasteiger partial charge on any atom is -0.492 e. The predicted octanol–water partition coefficient (Wildman–Crippen LogP) is 2.22. The molecule has 1 N–H and O–H groups in total. The van der Waals surface area contributed by atoms with Gasteiger partial charge in [-0.3, -0.25) is 0 Å². The summed E-state index contributed by atoms with van der Waals surface area (Å²) in [5.41, 5.74) is -0.0114. The van der Waals surface area contributed by atoms with Crippen molar-refractivity contribution in [3.05, 3.63) is 29.6 Å². The first-order valence-corrected chi connectivity index (χ1v) is 5.86. The maximum atomic E-state index is 13.2. The average molecular weight is 234 g/mol. The molecule has 1 aromatic carbocycles. The van der Waals surface area contributed by atoms with E-state index in [0.717, 1.165) is 13.0 Å². The van der Waals surface area contributed by atoms with E-state index in [4.69, 9.17) is 10.00 Å². The van der Waals surface area contributed by atoms with Crippen LogP contribution in [0.1, 0.15) is 24.8 Å². The highest BCUT2D eigenvalue weighted by Gasteiger charge is 2.19. The fraction of sp³-hybridized carbons (Fsp3) is 0.462. The quantitative estimate of drug-likeness (QED) is 0.767. The van der Waals surface area contributed by atoms with Crippen LogP contribution in [0.3, 0.4) is 0 Å². The van der Waals surface area contributed by atoms with Crippen LogP contribution in [0.25, 0.3) is 0 Å². The molecule has 1 aliphatic rings. The van der Waals surface area contributed by atoms with Crippen LogP contribution in [0.15, 0.2) is 18.2 Å². The Morgan fingerprint density at radius 1 is 1.47 bits per heavy atom. The lowest BCUT2D eigenvalue weighted by Crippen LogP contribution is -2.19. The van der Waals surface area contributed by atoms with Gasteiger partial charge in [0.25, 0.3) is 0 Å². The van der Waals surface area contributed by atoms with Gasteiger partial charge in [-0.2, -0.15) is 5.26 Å². The molecule has 4 heteroatoms. The molecular formula is C13H15FN2O. The monoisotopic (exact) mass is 234 g/mol. The third-order valence-electron chi connectivity index (χ3n) is 2.68. The maximum Gasteiger partial charge on any atom is 0.144 e. The number of hydrogen-bond acceptors (Lipinski definition) is 3. The molecule has 17 heavy (non-hydrogen) atoms. The summed E-state index contributed by atoms with van der Waals surface area (Å²) in [7, 11) is 0. The van der Waals surface area contributed by atoms with Gasteiger partial charge in [0, 0.05) is 6.04 Å². The lowest BCUT2D eigenvalue weighted by atomic mass is 10.2. The molecule has 0 atom stereocenters. The van der Waals surface area contributed by atoms with Gasteiger partial charge < -0.3 is 10.1 Å². The van der Waals surface area contributed by atoms with E-state index in [1.807, 2.05) is 6.07 Å². The minimum atomic E-state index is -0.527. The number of rotatable bonds is 6. The number of halogens is 1. The normalized spacial score (nSPS) is 14.4. The highest BCUT2D eigenvalue weighted by atomic mass is 19.1. The SMILES string of the molecule is N#Cc1c(F)cccc1OCCCNC1CC1. The Kier molecular flexibility index (Phi) is 3.94. The Bertz CT molecular complexity index is 424. The fourth-order valence-electron chi connectivity index (χ4n) is 1.58. The number of hydrogen-bond donors (Lipinski definition) is 1. The Morgan fingerprint density at radius 2 is 2.29 bits per heavy atom. The van der Waals surface area contributed by atoms with Crippen LogP contribution < -0.4 is 10.1 Å². The third-order valence-corrected chi connectivity index (χ3v) is 2.68. The van der Waals surface area contributed by atoms with Crippen molar-refractivity contribution in [3.63, 3.8) is 0 Å². The highest BCUT2D eigenvalue weighted by molar-refractivity contribution is 5.43. The van der Waals surface area contributed by atoms with E-state index in [-0.39, 0.29) is 5.56 Å². The number of ether oxygens (including phenoxy) is 1. The number of nitriles is 1. The summed E-state index contributed by atoms with van der Waals surface area (Å²) in [4.78, 5) is 0. The second-order valence-electron chi connectivity index (χ2n) is 4.16.